The zero-order chi connectivity index (χ0) is 17.8. The Bertz CT molecular complexity index is 794. The van der Waals surface area contributed by atoms with Gasteiger partial charge in [-0.15, -0.1) is 0 Å². The van der Waals surface area contributed by atoms with E-state index in [0.29, 0.717) is 0 Å². The van der Waals surface area contributed by atoms with Crippen molar-refractivity contribution in [1.29, 1.82) is 0 Å². The van der Waals surface area contributed by atoms with Crippen LogP contribution in [0.3, 0.4) is 0 Å². The summed E-state index contributed by atoms with van der Waals surface area (Å²) in [6.45, 7) is 19.0. The topological polar surface area (TPSA) is 34.4 Å². The lowest BCUT2D eigenvalue weighted by Gasteiger charge is -2.30. The lowest BCUT2D eigenvalue weighted by atomic mass is 9.78. The number of nitrogens with zero attached hydrogens (tertiary/aromatic N) is 2. The summed E-state index contributed by atoms with van der Waals surface area (Å²) in [5.41, 5.74) is 2.98. The van der Waals surface area contributed by atoms with E-state index in [9.17, 15) is 4.79 Å². The molecule has 2 heterocycles. The van der Waals surface area contributed by atoms with Crippen molar-refractivity contribution in [2.75, 3.05) is 0 Å². The molecule has 0 saturated carbocycles. The lowest BCUT2D eigenvalue weighted by Crippen LogP contribution is -2.36. The predicted octanol–water partition coefficient (Wildman–Crippen LogP) is 4.59. The largest absolute Gasteiger partial charge is 0.269 e. The number of rotatable bonds is 0. The molecule has 0 aliphatic carbocycles. The fourth-order valence-corrected chi connectivity index (χ4v) is 2.99. The molecule has 0 amide bonds. The molecule has 23 heavy (non-hydrogen) atoms. The van der Waals surface area contributed by atoms with Crippen molar-refractivity contribution in [3.63, 3.8) is 0 Å². The smallest absolute Gasteiger partial charge is 0.262 e. The van der Waals surface area contributed by atoms with Gasteiger partial charge in [0.25, 0.3) is 5.56 Å². The molecule has 2 aromatic rings. The molecule has 0 radical (unpaired) electrons. The molecule has 2 aromatic heterocycles. The molecular weight excluding hydrogens is 284 g/mol. The van der Waals surface area contributed by atoms with Crippen LogP contribution in [0.4, 0.5) is 0 Å². The number of pyridine rings is 1. The van der Waals surface area contributed by atoms with E-state index in [-0.39, 0.29) is 21.8 Å². The van der Waals surface area contributed by atoms with E-state index in [1.165, 1.54) is 0 Å². The zero-order valence-corrected chi connectivity index (χ0v) is 16.0. The number of hydrogen-bond donors (Lipinski definition) is 0. The maximum absolute atomic E-state index is 13.4. The third kappa shape index (κ3) is 3.19. The first-order valence-electron chi connectivity index (χ1n) is 8.32. The van der Waals surface area contributed by atoms with Crippen LogP contribution in [0.1, 0.15) is 79.3 Å². The van der Waals surface area contributed by atoms with Crippen molar-refractivity contribution in [2.24, 2.45) is 0 Å². The van der Waals surface area contributed by atoms with Crippen molar-refractivity contribution >= 4 is 5.65 Å². The van der Waals surface area contributed by atoms with Gasteiger partial charge in [-0.25, -0.2) is 4.98 Å². The monoisotopic (exact) mass is 314 g/mol. The van der Waals surface area contributed by atoms with Gasteiger partial charge in [0.05, 0.1) is 5.69 Å². The van der Waals surface area contributed by atoms with Crippen molar-refractivity contribution in [3.8, 4) is 0 Å². The number of fused-ring (bicyclic) bond motifs is 1. The van der Waals surface area contributed by atoms with E-state index in [4.69, 9.17) is 4.98 Å². The SMILES string of the molecule is CC(C)(C)c1nc2cccc(C(C)(C)C)n2c(=O)c1C(C)(C)C. The van der Waals surface area contributed by atoms with Crippen LogP contribution < -0.4 is 5.56 Å². The summed E-state index contributed by atoms with van der Waals surface area (Å²) < 4.78 is 1.80. The van der Waals surface area contributed by atoms with Crippen molar-refractivity contribution < 1.29 is 0 Å². The van der Waals surface area contributed by atoms with E-state index >= 15 is 0 Å². The summed E-state index contributed by atoms with van der Waals surface area (Å²) in [6, 6.07) is 5.95. The quantitative estimate of drug-likeness (QED) is 0.713. The van der Waals surface area contributed by atoms with Gasteiger partial charge in [0.1, 0.15) is 5.65 Å². The molecule has 126 valence electrons. The minimum absolute atomic E-state index is 0.0675. The molecule has 3 nitrogen and oxygen atoms in total. The third-order valence-corrected chi connectivity index (χ3v) is 4.08. The molecule has 0 spiro atoms. The van der Waals surface area contributed by atoms with Gasteiger partial charge in [0, 0.05) is 22.1 Å². The second kappa shape index (κ2) is 5.19. The van der Waals surface area contributed by atoms with Crippen LogP contribution in [0, 0.1) is 0 Å². The summed E-state index contributed by atoms with van der Waals surface area (Å²) in [6.07, 6.45) is 0. The molecule has 3 heteroatoms. The second-order valence-electron chi connectivity index (χ2n) is 9.50. The Hall–Kier alpha value is -1.64. The molecular formula is C20H30N2O. The fraction of sp³-hybridized carbons (Fsp3) is 0.600. The van der Waals surface area contributed by atoms with Gasteiger partial charge >= 0.3 is 0 Å². The molecule has 0 unspecified atom stereocenters. The minimum Gasteiger partial charge on any atom is -0.269 e. The van der Waals surface area contributed by atoms with Gasteiger partial charge in [-0.1, -0.05) is 68.4 Å². The number of aromatic nitrogens is 2. The summed E-state index contributed by atoms with van der Waals surface area (Å²) in [4.78, 5) is 18.3. The first kappa shape index (κ1) is 17.7. The Morgan fingerprint density at radius 2 is 1.39 bits per heavy atom. The normalized spacial score (nSPS) is 13.6. The zero-order valence-electron chi connectivity index (χ0n) is 16.0. The van der Waals surface area contributed by atoms with E-state index in [2.05, 4.69) is 62.3 Å². The predicted molar refractivity (Wildman–Crippen MR) is 97.6 cm³/mol. The average Bonchev–Trinajstić information content (AvgIpc) is 2.33. The summed E-state index contributed by atoms with van der Waals surface area (Å²) in [5.74, 6) is 0. The van der Waals surface area contributed by atoms with Crippen LogP contribution in [0.5, 0.6) is 0 Å². The highest BCUT2D eigenvalue weighted by Crippen LogP contribution is 2.31. The summed E-state index contributed by atoms with van der Waals surface area (Å²) in [7, 11) is 0. The van der Waals surface area contributed by atoms with E-state index < -0.39 is 0 Å². The number of hydrogen-bond acceptors (Lipinski definition) is 2. The van der Waals surface area contributed by atoms with Gasteiger partial charge < -0.3 is 0 Å². The third-order valence-electron chi connectivity index (χ3n) is 4.08. The van der Waals surface area contributed by atoms with Crippen LogP contribution in [-0.4, -0.2) is 9.38 Å². The Balaban J connectivity index is 3.08. The minimum atomic E-state index is -0.251. The first-order valence-corrected chi connectivity index (χ1v) is 8.32. The summed E-state index contributed by atoms with van der Waals surface area (Å²) in [5, 5.41) is 0. The molecule has 0 aromatic carbocycles. The second-order valence-corrected chi connectivity index (χ2v) is 9.50. The van der Waals surface area contributed by atoms with Crippen molar-refractivity contribution in [3.05, 3.63) is 45.5 Å². The van der Waals surface area contributed by atoms with E-state index in [1.807, 2.05) is 18.2 Å². The molecule has 0 aliphatic heterocycles. The maximum Gasteiger partial charge on any atom is 0.262 e. The lowest BCUT2D eigenvalue weighted by molar-refractivity contribution is 0.499. The van der Waals surface area contributed by atoms with E-state index in [0.717, 1.165) is 22.6 Å². The highest BCUT2D eigenvalue weighted by atomic mass is 16.1. The van der Waals surface area contributed by atoms with E-state index in [1.54, 1.807) is 4.40 Å². The maximum atomic E-state index is 13.4. The van der Waals surface area contributed by atoms with Gasteiger partial charge in [0.15, 0.2) is 0 Å². The highest BCUT2D eigenvalue weighted by molar-refractivity contribution is 5.46. The Labute approximate surface area is 139 Å². The van der Waals surface area contributed by atoms with Crippen LogP contribution in [0.15, 0.2) is 23.0 Å². The molecule has 0 aliphatic rings. The highest BCUT2D eigenvalue weighted by Gasteiger charge is 2.31. The molecule has 0 atom stereocenters. The average molecular weight is 314 g/mol. The molecule has 2 rings (SSSR count). The van der Waals surface area contributed by atoms with Gasteiger partial charge in [0.2, 0.25) is 0 Å². The Morgan fingerprint density at radius 1 is 0.826 bits per heavy atom. The molecule has 0 fully saturated rings. The van der Waals surface area contributed by atoms with Crippen molar-refractivity contribution in [1.82, 2.24) is 9.38 Å². The Morgan fingerprint density at radius 3 is 1.83 bits per heavy atom. The van der Waals surface area contributed by atoms with Crippen molar-refractivity contribution in [2.45, 2.75) is 78.6 Å². The van der Waals surface area contributed by atoms with Gasteiger partial charge in [-0.2, -0.15) is 0 Å². The van der Waals surface area contributed by atoms with Gasteiger partial charge in [-0.05, 0) is 17.5 Å². The van der Waals surface area contributed by atoms with Gasteiger partial charge in [-0.3, -0.25) is 9.20 Å². The summed E-state index contributed by atoms with van der Waals surface area (Å²) >= 11 is 0. The van der Waals surface area contributed by atoms with Crippen LogP contribution in [0.25, 0.3) is 5.65 Å². The van der Waals surface area contributed by atoms with Crippen LogP contribution >= 0.6 is 0 Å². The molecule has 0 N–H and O–H groups in total. The standard InChI is InChI=1S/C20H30N2O/c1-18(2,3)13-11-10-12-14-21-16(20(7,8)9)15(19(4,5)6)17(23)22(13)14/h10-12H,1-9H3. The molecule has 0 saturated heterocycles. The Kier molecular flexibility index (Phi) is 3.99. The van der Waals surface area contributed by atoms with Crippen LogP contribution in [-0.2, 0) is 16.2 Å². The molecule has 0 bridgehead atoms. The first-order chi connectivity index (χ1) is 10.2. The van der Waals surface area contributed by atoms with Crippen LogP contribution in [0.2, 0.25) is 0 Å². The fourth-order valence-electron chi connectivity index (χ4n) is 2.99.